The van der Waals surface area contributed by atoms with Gasteiger partial charge in [0.1, 0.15) is 0 Å². The number of aromatic nitrogens is 3. The van der Waals surface area contributed by atoms with Crippen LogP contribution >= 0.6 is 0 Å². The van der Waals surface area contributed by atoms with Gasteiger partial charge in [-0.15, -0.1) is 5.10 Å². The molecule has 2 aliphatic rings. The average Bonchev–Trinajstić information content (AvgIpc) is 3.12. The monoisotopic (exact) mass is 248 g/mol. The van der Waals surface area contributed by atoms with Crippen molar-refractivity contribution in [1.82, 2.24) is 19.9 Å². The third kappa shape index (κ3) is 2.74. The molecular weight excluding hydrogens is 224 g/mol. The van der Waals surface area contributed by atoms with Crippen LogP contribution in [-0.4, -0.2) is 32.0 Å². The van der Waals surface area contributed by atoms with Crippen molar-refractivity contribution in [2.75, 3.05) is 0 Å². The van der Waals surface area contributed by atoms with Crippen molar-refractivity contribution in [3.8, 4) is 0 Å². The van der Waals surface area contributed by atoms with Crippen molar-refractivity contribution < 1.29 is 0 Å². The maximum absolute atomic E-state index is 4.25. The second-order valence-corrected chi connectivity index (χ2v) is 6.20. The Morgan fingerprint density at radius 3 is 2.28 bits per heavy atom. The highest BCUT2D eigenvalue weighted by atomic mass is 15.4. The molecule has 0 spiro atoms. The van der Waals surface area contributed by atoms with E-state index in [4.69, 9.17) is 0 Å². The minimum absolute atomic E-state index is 0.788. The number of rotatable bonds is 4. The van der Waals surface area contributed by atoms with E-state index in [1.54, 1.807) is 0 Å². The van der Waals surface area contributed by atoms with Crippen molar-refractivity contribution in [1.29, 1.82) is 0 Å². The fraction of sp³-hybridized carbons (Fsp3) is 0.857. The summed E-state index contributed by atoms with van der Waals surface area (Å²) in [6.45, 7) is 3.39. The number of aryl methyl sites for hydroxylation is 1. The summed E-state index contributed by atoms with van der Waals surface area (Å²) in [4.78, 5) is 2.70. The molecule has 0 atom stereocenters. The van der Waals surface area contributed by atoms with E-state index in [1.165, 1.54) is 38.5 Å². The molecule has 0 aliphatic heterocycles. The van der Waals surface area contributed by atoms with Gasteiger partial charge >= 0.3 is 0 Å². The van der Waals surface area contributed by atoms with Gasteiger partial charge in [0.25, 0.3) is 0 Å². The fourth-order valence-electron chi connectivity index (χ4n) is 3.19. The van der Waals surface area contributed by atoms with Gasteiger partial charge in [-0.2, -0.15) is 0 Å². The third-order valence-corrected chi connectivity index (χ3v) is 4.46. The molecule has 3 rings (SSSR count). The summed E-state index contributed by atoms with van der Waals surface area (Å²) >= 11 is 0. The maximum Gasteiger partial charge on any atom is 0.0967 e. The van der Waals surface area contributed by atoms with Gasteiger partial charge in [0.15, 0.2) is 0 Å². The zero-order valence-corrected chi connectivity index (χ0v) is 11.5. The minimum Gasteiger partial charge on any atom is -0.291 e. The lowest BCUT2D eigenvalue weighted by molar-refractivity contribution is 0.123. The molecule has 100 valence electrons. The number of nitrogens with zero attached hydrogens (tertiary/aromatic N) is 4. The zero-order chi connectivity index (χ0) is 12.5. The Hall–Kier alpha value is -0.900. The van der Waals surface area contributed by atoms with Crippen LogP contribution in [0.15, 0.2) is 6.20 Å². The van der Waals surface area contributed by atoms with Gasteiger partial charge in [0, 0.05) is 31.9 Å². The second kappa shape index (κ2) is 5.00. The summed E-state index contributed by atoms with van der Waals surface area (Å²) in [5.41, 5.74) is 1.13. The SMILES string of the molecule is CC1CCC(N(Cc2cn(C)nn2)C2CC2)CC1. The van der Waals surface area contributed by atoms with E-state index in [2.05, 4.69) is 28.3 Å². The molecule has 1 heterocycles. The van der Waals surface area contributed by atoms with E-state index in [9.17, 15) is 0 Å². The molecule has 0 saturated heterocycles. The summed E-state index contributed by atoms with van der Waals surface area (Å²) in [5.74, 6) is 0.929. The maximum atomic E-state index is 4.25. The van der Waals surface area contributed by atoms with E-state index in [0.717, 1.165) is 30.2 Å². The Kier molecular flexibility index (Phi) is 3.37. The Balaban J connectivity index is 1.65. The van der Waals surface area contributed by atoms with Gasteiger partial charge in [0.2, 0.25) is 0 Å². The van der Waals surface area contributed by atoms with Crippen molar-refractivity contribution in [3.63, 3.8) is 0 Å². The van der Waals surface area contributed by atoms with Crippen LogP contribution in [0.3, 0.4) is 0 Å². The quantitative estimate of drug-likeness (QED) is 0.820. The largest absolute Gasteiger partial charge is 0.291 e. The molecule has 0 bridgehead atoms. The third-order valence-electron chi connectivity index (χ3n) is 4.46. The fourth-order valence-corrected chi connectivity index (χ4v) is 3.19. The molecule has 0 aromatic carbocycles. The Labute approximate surface area is 109 Å². The number of hydrogen-bond donors (Lipinski definition) is 0. The first-order valence-corrected chi connectivity index (χ1v) is 7.33. The molecule has 2 saturated carbocycles. The summed E-state index contributed by atoms with van der Waals surface area (Å²) in [6.07, 6.45) is 10.4. The molecule has 18 heavy (non-hydrogen) atoms. The van der Waals surface area contributed by atoms with Crippen LogP contribution in [0, 0.1) is 5.92 Å². The lowest BCUT2D eigenvalue weighted by atomic mass is 9.86. The zero-order valence-electron chi connectivity index (χ0n) is 11.5. The molecule has 0 amide bonds. The molecule has 1 aromatic rings. The van der Waals surface area contributed by atoms with Crippen molar-refractivity contribution >= 4 is 0 Å². The lowest BCUT2D eigenvalue weighted by Gasteiger charge is -2.36. The van der Waals surface area contributed by atoms with Crippen LogP contribution in [-0.2, 0) is 13.6 Å². The van der Waals surface area contributed by atoms with Gasteiger partial charge in [0.05, 0.1) is 5.69 Å². The standard InChI is InChI=1S/C14H24N4/c1-11-3-5-13(6-4-11)18(14-7-8-14)10-12-9-17(2)16-15-12/h9,11,13-14H,3-8,10H2,1-2H3. The Morgan fingerprint density at radius 1 is 1.17 bits per heavy atom. The predicted octanol–water partition coefficient (Wildman–Crippen LogP) is 2.36. The van der Waals surface area contributed by atoms with Gasteiger partial charge in [-0.25, -0.2) is 0 Å². The first-order valence-electron chi connectivity index (χ1n) is 7.33. The van der Waals surface area contributed by atoms with Gasteiger partial charge < -0.3 is 0 Å². The van der Waals surface area contributed by atoms with E-state index >= 15 is 0 Å². The second-order valence-electron chi connectivity index (χ2n) is 6.20. The molecule has 2 fully saturated rings. The van der Waals surface area contributed by atoms with Crippen LogP contribution < -0.4 is 0 Å². The Bertz CT molecular complexity index is 388. The molecule has 1 aromatic heterocycles. The highest BCUT2D eigenvalue weighted by molar-refractivity contribution is 4.98. The molecule has 0 N–H and O–H groups in total. The molecule has 0 radical (unpaired) electrons. The van der Waals surface area contributed by atoms with Crippen molar-refractivity contribution in [2.24, 2.45) is 13.0 Å². The first-order chi connectivity index (χ1) is 8.72. The topological polar surface area (TPSA) is 34.0 Å². The Morgan fingerprint density at radius 2 is 1.78 bits per heavy atom. The van der Waals surface area contributed by atoms with Crippen molar-refractivity contribution in [3.05, 3.63) is 11.9 Å². The first kappa shape index (κ1) is 12.2. The average molecular weight is 248 g/mol. The highest BCUT2D eigenvalue weighted by Gasteiger charge is 2.35. The smallest absolute Gasteiger partial charge is 0.0967 e. The molecule has 0 unspecified atom stereocenters. The summed E-state index contributed by atoms with van der Waals surface area (Å²) < 4.78 is 1.81. The summed E-state index contributed by atoms with van der Waals surface area (Å²) in [7, 11) is 1.94. The van der Waals surface area contributed by atoms with Crippen LogP contribution in [0.5, 0.6) is 0 Å². The van der Waals surface area contributed by atoms with Crippen LogP contribution in [0.4, 0.5) is 0 Å². The number of hydrogen-bond acceptors (Lipinski definition) is 3. The van der Waals surface area contributed by atoms with Gasteiger partial charge in [-0.05, 0) is 44.4 Å². The molecule has 4 nitrogen and oxygen atoms in total. The van der Waals surface area contributed by atoms with Crippen LogP contribution in [0.1, 0.15) is 51.1 Å². The summed E-state index contributed by atoms with van der Waals surface area (Å²) in [6, 6.07) is 1.61. The van der Waals surface area contributed by atoms with E-state index in [-0.39, 0.29) is 0 Å². The van der Waals surface area contributed by atoms with E-state index in [0.29, 0.717) is 0 Å². The van der Waals surface area contributed by atoms with Crippen LogP contribution in [0.25, 0.3) is 0 Å². The van der Waals surface area contributed by atoms with E-state index < -0.39 is 0 Å². The van der Waals surface area contributed by atoms with Gasteiger partial charge in [-0.3, -0.25) is 9.58 Å². The normalized spacial score (nSPS) is 28.8. The minimum atomic E-state index is 0.788. The predicted molar refractivity (Wildman–Crippen MR) is 71.0 cm³/mol. The molecular formula is C14H24N4. The van der Waals surface area contributed by atoms with Gasteiger partial charge in [-0.1, -0.05) is 12.1 Å². The summed E-state index contributed by atoms with van der Waals surface area (Å²) in [5, 5.41) is 8.29. The highest BCUT2D eigenvalue weighted by Crippen LogP contribution is 2.35. The van der Waals surface area contributed by atoms with Crippen molar-refractivity contribution in [2.45, 2.75) is 64.1 Å². The molecule has 4 heteroatoms. The van der Waals surface area contributed by atoms with Crippen LogP contribution in [0.2, 0.25) is 0 Å². The lowest BCUT2D eigenvalue weighted by Crippen LogP contribution is -2.39. The van der Waals surface area contributed by atoms with E-state index in [1.807, 2.05) is 11.7 Å². The molecule has 2 aliphatic carbocycles.